The number of hydrogen-bond acceptors (Lipinski definition) is 7. The van der Waals surface area contributed by atoms with Crippen molar-refractivity contribution in [1.29, 1.82) is 0 Å². The zero-order chi connectivity index (χ0) is 16.9. The standard InChI is InChI=1S/C13H15NO7S/c1-6-9(12(18)20-2)11(22-10(6)13(19)21-3)14-7(15)4-5-8(16)17/h4-5H2,1-3H3,(H,14,15)(H,16,17). The molecular formula is C13H15NO7S. The maximum Gasteiger partial charge on any atom is 0.348 e. The van der Waals surface area contributed by atoms with Gasteiger partial charge in [-0.15, -0.1) is 11.3 Å². The summed E-state index contributed by atoms with van der Waals surface area (Å²) in [5.74, 6) is -3.04. The third-order valence-corrected chi connectivity index (χ3v) is 3.91. The van der Waals surface area contributed by atoms with Crippen molar-refractivity contribution in [2.24, 2.45) is 0 Å². The van der Waals surface area contributed by atoms with Gasteiger partial charge in [0.25, 0.3) is 0 Å². The molecule has 0 saturated carbocycles. The normalized spacial score (nSPS) is 9.95. The highest BCUT2D eigenvalue weighted by Crippen LogP contribution is 2.34. The molecular weight excluding hydrogens is 314 g/mol. The Balaban J connectivity index is 3.11. The van der Waals surface area contributed by atoms with Gasteiger partial charge in [-0.05, 0) is 12.5 Å². The van der Waals surface area contributed by atoms with Crippen molar-refractivity contribution in [3.8, 4) is 0 Å². The Kier molecular flexibility index (Phi) is 6.05. The van der Waals surface area contributed by atoms with Gasteiger partial charge in [0.05, 0.1) is 26.2 Å². The average Bonchev–Trinajstić information content (AvgIpc) is 2.80. The van der Waals surface area contributed by atoms with Crippen LogP contribution in [-0.4, -0.2) is 43.1 Å². The summed E-state index contributed by atoms with van der Waals surface area (Å²) < 4.78 is 9.25. The van der Waals surface area contributed by atoms with E-state index in [2.05, 4.69) is 14.8 Å². The molecule has 0 aliphatic heterocycles. The number of methoxy groups -OCH3 is 2. The number of hydrogen-bond donors (Lipinski definition) is 2. The number of amides is 1. The van der Waals surface area contributed by atoms with Crippen LogP contribution in [0.3, 0.4) is 0 Å². The highest BCUT2D eigenvalue weighted by Gasteiger charge is 2.26. The Morgan fingerprint density at radius 3 is 2.18 bits per heavy atom. The minimum Gasteiger partial charge on any atom is -0.481 e. The summed E-state index contributed by atoms with van der Waals surface area (Å²) in [5, 5.41) is 11.1. The third-order valence-electron chi connectivity index (χ3n) is 2.73. The Morgan fingerprint density at radius 2 is 1.68 bits per heavy atom. The van der Waals surface area contributed by atoms with E-state index in [1.807, 2.05) is 0 Å². The lowest BCUT2D eigenvalue weighted by molar-refractivity contribution is -0.138. The number of thiophene rings is 1. The minimum absolute atomic E-state index is 0.0524. The molecule has 0 bridgehead atoms. The number of carboxylic acids is 1. The molecule has 22 heavy (non-hydrogen) atoms. The molecule has 0 saturated heterocycles. The number of aliphatic carboxylic acids is 1. The maximum atomic E-state index is 11.8. The smallest absolute Gasteiger partial charge is 0.348 e. The topological polar surface area (TPSA) is 119 Å². The van der Waals surface area contributed by atoms with Crippen LogP contribution in [0.15, 0.2) is 0 Å². The first-order chi connectivity index (χ1) is 10.3. The van der Waals surface area contributed by atoms with Gasteiger partial charge in [-0.1, -0.05) is 0 Å². The van der Waals surface area contributed by atoms with Crippen LogP contribution >= 0.6 is 11.3 Å². The molecule has 0 aliphatic rings. The summed E-state index contributed by atoms with van der Waals surface area (Å²) in [6.45, 7) is 1.53. The first-order valence-corrected chi connectivity index (χ1v) is 6.95. The molecule has 9 heteroatoms. The third kappa shape index (κ3) is 4.04. The van der Waals surface area contributed by atoms with Crippen molar-refractivity contribution >= 4 is 40.2 Å². The van der Waals surface area contributed by atoms with E-state index in [0.29, 0.717) is 5.56 Å². The van der Waals surface area contributed by atoms with E-state index < -0.39 is 23.8 Å². The Labute approximate surface area is 130 Å². The van der Waals surface area contributed by atoms with Crippen LogP contribution in [0.4, 0.5) is 5.00 Å². The molecule has 0 aromatic carbocycles. The average molecular weight is 329 g/mol. The Hall–Kier alpha value is -2.42. The summed E-state index contributed by atoms with van der Waals surface area (Å²) in [5.41, 5.74) is 0.383. The quantitative estimate of drug-likeness (QED) is 0.758. The van der Waals surface area contributed by atoms with Gasteiger partial charge in [-0.25, -0.2) is 9.59 Å². The van der Waals surface area contributed by atoms with Gasteiger partial charge in [-0.3, -0.25) is 9.59 Å². The number of ether oxygens (including phenoxy) is 2. The molecule has 1 rings (SSSR count). The van der Waals surface area contributed by atoms with Crippen molar-refractivity contribution < 1.29 is 33.8 Å². The van der Waals surface area contributed by atoms with Crippen LogP contribution in [-0.2, 0) is 19.1 Å². The van der Waals surface area contributed by atoms with Crippen molar-refractivity contribution in [1.82, 2.24) is 0 Å². The second-order valence-corrected chi connectivity index (χ2v) is 5.21. The van der Waals surface area contributed by atoms with Gasteiger partial charge in [0, 0.05) is 6.42 Å². The molecule has 2 N–H and O–H groups in total. The van der Waals surface area contributed by atoms with Crippen LogP contribution in [0, 0.1) is 6.92 Å². The van der Waals surface area contributed by atoms with E-state index in [0.717, 1.165) is 11.3 Å². The molecule has 0 unspecified atom stereocenters. The number of anilines is 1. The lowest BCUT2D eigenvalue weighted by Crippen LogP contribution is -2.15. The van der Waals surface area contributed by atoms with E-state index in [1.54, 1.807) is 0 Å². The number of esters is 2. The zero-order valence-corrected chi connectivity index (χ0v) is 13.0. The SMILES string of the molecule is COC(=O)c1sc(NC(=O)CCC(=O)O)c(C(=O)OC)c1C. The van der Waals surface area contributed by atoms with E-state index in [1.165, 1.54) is 21.1 Å². The van der Waals surface area contributed by atoms with E-state index in [4.69, 9.17) is 5.11 Å². The summed E-state index contributed by atoms with van der Waals surface area (Å²) in [6.07, 6.45) is -0.589. The van der Waals surface area contributed by atoms with Crippen LogP contribution < -0.4 is 5.32 Å². The number of carbonyl (C=O) groups excluding carboxylic acids is 3. The summed E-state index contributed by atoms with van der Waals surface area (Å²) in [4.78, 5) is 45.8. The molecule has 0 spiro atoms. The monoisotopic (exact) mass is 329 g/mol. The molecule has 1 aromatic heterocycles. The fourth-order valence-electron chi connectivity index (χ4n) is 1.65. The molecule has 1 heterocycles. The van der Waals surface area contributed by atoms with E-state index in [9.17, 15) is 19.2 Å². The number of carboxylic acid groups (broad SMARTS) is 1. The second-order valence-electron chi connectivity index (χ2n) is 4.19. The number of carbonyl (C=O) groups is 4. The Morgan fingerprint density at radius 1 is 1.09 bits per heavy atom. The van der Waals surface area contributed by atoms with Gasteiger partial charge in [0.2, 0.25) is 5.91 Å². The fraction of sp³-hybridized carbons (Fsp3) is 0.385. The molecule has 1 amide bonds. The minimum atomic E-state index is -1.11. The van der Waals surface area contributed by atoms with Crippen molar-refractivity contribution in [2.45, 2.75) is 19.8 Å². The van der Waals surface area contributed by atoms with Gasteiger partial charge in [-0.2, -0.15) is 0 Å². The van der Waals surface area contributed by atoms with Crippen molar-refractivity contribution in [2.75, 3.05) is 19.5 Å². The Bertz CT molecular complexity index is 620. The van der Waals surface area contributed by atoms with Gasteiger partial charge >= 0.3 is 17.9 Å². The summed E-state index contributed by atoms with van der Waals surface area (Å²) in [7, 11) is 2.37. The van der Waals surface area contributed by atoms with Gasteiger partial charge < -0.3 is 19.9 Å². The van der Waals surface area contributed by atoms with Crippen LogP contribution in [0.2, 0.25) is 0 Å². The van der Waals surface area contributed by atoms with Crippen LogP contribution in [0.5, 0.6) is 0 Å². The summed E-state index contributed by atoms with van der Waals surface area (Å²) >= 11 is 0.870. The summed E-state index contributed by atoms with van der Waals surface area (Å²) in [6, 6.07) is 0. The predicted molar refractivity (Wildman–Crippen MR) is 77.2 cm³/mol. The largest absolute Gasteiger partial charge is 0.481 e. The van der Waals surface area contributed by atoms with Gasteiger partial charge in [0.15, 0.2) is 0 Å². The lowest BCUT2D eigenvalue weighted by Gasteiger charge is -2.05. The second kappa shape index (κ2) is 7.55. The van der Waals surface area contributed by atoms with Gasteiger partial charge in [0.1, 0.15) is 9.88 Å². The lowest BCUT2D eigenvalue weighted by atomic mass is 10.1. The predicted octanol–water partition coefficient (Wildman–Crippen LogP) is 1.43. The zero-order valence-electron chi connectivity index (χ0n) is 12.2. The van der Waals surface area contributed by atoms with E-state index in [-0.39, 0.29) is 28.3 Å². The number of rotatable bonds is 6. The molecule has 0 fully saturated rings. The van der Waals surface area contributed by atoms with E-state index >= 15 is 0 Å². The highest BCUT2D eigenvalue weighted by atomic mass is 32.1. The molecule has 0 radical (unpaired) electrons. The van der Waals surface area contributed by atoms with Crippen LogP contribution in [0.1, 0.15) is 38.4 Å². The fourth-order valence-corrected chi connectivity index (χ4v) is 2.78. The van der Waals surface area contributed by atoms with Crippen molar-refractivity contribution in [3.63, 3.8) is 0 Å². The van der Waals surface area contributed by atoms with Crippen molar-refractivity contribution in [3.05, 3.63) is 16.0 Å². The molecule has 120 valence electrons. The first-order valence-electron chi connectivity index (χ1n) is 6.13. The molecule has 0 aliphatic carbocycles. The van der Waals surface area contributed by atoms with Crippen LogP contribution in [0.25, 0.3) is 0 Å². The first kappa shape index (κ1) is 17.6. The molecule has 8 nitrogen and oxygen atoms in total. The molecule has 0 atom stereocenters. The number of nitrogens with one attached hydrogen (secondary N) is 1. The highest BCUT2D eigenvalue weighted by molar-refractivity contribution is 7.18. The maximum absolute atomic E-state index is 11.8. The molecule has 1 aromatic rings.